The van der Waals surface area contributed by atoms with Crippen molar-refractivity contribution in [2.75, 3.05) is 56.2 Å². The Morgan fingerprint density at radius 2 is 1.88 bits per heavy atom. The Labute approximate surface area is 148 Å². The van der Waals surface area contributed by atoms with E-state index in [1.54, 1.807) is 0 Å². The van der Waals surface area contributed by atoms with Crippen LogP contribution in [-0.2, 0) is 14.3 Å². The quantitative estimate of drug-likeness (QED) is 0.653. The third-order valence-corrected chi connectivity index (χ3v) is 5.04. The molecule has 0 unspecified atom stereocenters. The highest BCUT2D eigenvalue weighted by molar-refractivity contribution is 5.95. The standard InChI is InChI=1S/C18H26N4O3/c19-18(24)14-5-7-21(8-6-14)13-17(23)20-15-3-1-2-4-16(15)22-9-11-25-12-10-22/h1-4,14H,5-13H2,(H2,19,24)(H,20,23)/p+1. The second-order valence-corrected chi connectivity index (χ2v) is 6.77. The number of morpholine rings is 1. The van der Waals surface area contributed by atoms with E-state index in [1.807, 2.05) is 24.3 Å². The summed E-state index contributed by atoms with van der Waals surface area (Å²) in [5.74, 6) is -0.245. The number of piperidine rings is 1. The third-order valence-electron chi connectivity index (χ3n) is 5.04. The van der Waals surface area contributed by atoms with Gasteiger partial charge in [0.2, 0.25) is 5.91 Å². The summed E-state index contributed by atoms with van der Waals surface area (Å²) in [7, 11) is 0. The number of rotatable bonds is 5. The van der Waals surface area contributed by atoms with Gasteiger partial charge >= 0.3 is 0 Å². The normalized spacial score (nSPS) is 23.9. The first-order valence-electron chi connectivity index (χ1n) is 8.98. The second kappa shape index (κ2) is 8.31. The van der Waals surface area contributed by atoms with Crippen LogP contribution in [0, 0.1) is 5.92 Å². The van der Waals surface area contributed by atoms with Gasteiger partial charge in [-0.2, -0.15) is 0 Å². The van der Waals surface area contributed by atoms with Gasteiger partial charge in [-0.3, -0.25) is 9.59 Å². The number of para-hydroxylation sites is 2. The van der Waals surface area contributed by atoms with E-state index >= 15 is 0 Å². The number of anilines is 2. The average molecular weight is 347 g/mol. The summed E-state index contributed by atoms with van der Waals surface area (Å²) in [4.78, 5) is 27.1. The van der Waals surface area contributed by atoms with Gasteiger partial charge in [0.05, 0.1) is 37.7 Å². The molecule has 0 spiro atoms. The molecule has 0 atom stereocenters. The van der Waals surface area contributed by atoms with Crippen molar-refractivity contribution in [3.8, 4) is 0 Å². The van der Waals surface area contributed by atoms with Crippen LogP contribution in [0.15, 0.2) is 24.3 Å². The van der Waals surface area contributed by atoms with Gasteiger partial charge in [-0.25, -0.2) is 0 Å². The van der Waals surface area contributed by atoms with Crippen molar-refractivity contribution in [2.24, 2.45) is 11.7 Å². The SMILES string of the molecule is NC(=O)C1CC[NH+](CC(=O)Nc2ccccc2N2CCOCC2)CC1. The van der Waals surface area contributed by atoms with Crippen molar-refractivity contribution in [3.63, 3.8) is 0 Å². The van der Waals surface area contributed by atoms with Crippen LogP contribution in [0.5, 0.6) is 0 Å². The zero-order valence-corrected chi connectivity index (χ0v) is 14.5. The number of nitrogens with zero attached hydrogens (tertiary/aromatic N) is 1. The molecule has 0 aliphatic carbocycles. The molecule has 2 aliphatic rings. The summed E-state index contributed by atoms with van der Waals surface area (Å²) >= 11 is 0. The molecule has 2 amide bonds. The van der Waals surface area contributed by atoms with E-state index in [0.717, 1.165) is 50.4 Å². The minimum atomic E-state index is -0.219. The highest BCUT2D eigenvalue weighted by Crippen LogP contribution is 2.26. The Bertz CT molecular complexity index is 608. The molecule has 2 heterocycles. The molecule has 0 bridgehead atoms. The van der Waals surface area contributed by atoms with Crippen LogP contribution in [0.2, 0.25) is 0 Å². The monoisotopic (exact) mass is 347 g/mol. The molecular weight excluding hydrogens is 320 g/mol. The van der Waals surface area contributed by atoms with Crippen LogP contribution in [0.3, 0.4) is 0 Å². The zero-order chi connectivity index (χ0) is 17.6. The maximum atomic E-state index is 12.5. The molecule has 1 aromatic carbocycles. The number of benzene rings is 1. The van der Waals surface area contributed by atoms with Crippen LogP contribution in [0.4, 0.5) is 11.4 Å². The van der Waals surface area contributed by atoms with Gasteiger partial charge in [0.15, 0.2) is 6.54 Å². The van der Waals surface area contributed by atoms with Gasteiger partial charge in [-0.15, -0.1) is 0 Å². The first kappa shape index (κ1) is 17.7. The largest absolute Gasteiger partial charge is 0.378 e. The minimum absolute atomic E-state index is 0.00762. The number of nitrogens with two attached hydrogens (primary N) is 1. The lowest BCUT2D eigenvalue weighted by molar-refractivity contribution is -0.897. The summed E-state index contributed by atoms with van der Waals surface area (Å²) in [6.45, 7) is 5.13. The van der Waals surface area contributed by atoms with E-state index in [1.165, 1.54) is 4.90 Å². The summed E-state index contributed by atoms with van der Waals surface area (Å²) in [6.07, 6.45) is 1.53. The molecule has 136 valence electrons. The van der Waals surface area contributed by atoms with E-state index < -0.39 is 0 Å². The highest BCUT2D eigenvalue weighted by Gasteiger charge is 2.27. The van der Waals surface area contributed by atoms with Crippen molar-refractivity contribution < 1.29 is 19.2 Å². The molecule has 2 saturated heterocycles. The van der Waals surface area contributed by atoms with Gasteiger partial charge in [0.1, 0.15) is 0 Å². The highest BCUT2D eigenvalue weighted by atomic mass is 16.5. The molecule has 7 heteroatoms. The molecule has 25 heavy (non-hydrogen) atoms. The van der Waals surface area contributed by atoms with E-state index in [9.17, 15) is 9.59 Å². The molecular formula is C18H27N4O3+. The summed E-state index contributed by atoms with van der Waals surface area (Å²) < 4.78 is 5.40. The predicted octanol–water partition coefficient (Wildman–Crippen LogP) is -0.758. The number of nitrogens with one attached hydrogen (secondary N) is 2. The maximum Gasteiger partial charge on any atom is 0.279 e. The van der Waals surface area contributed by atoms with Crippen molar-refractivity contribution >= 4 is 23.2 Å². The number of ether oxygens (including phenoxy) is 1. The third kappa shape index (κ3) is 4.70. The van der Waals surface area contributed by atoms with E-state index in [-0.39, 0.29) is 17.7 Å². The second-order valence-electron chi connectivity index (χ2n) is 6.77. The van der Waals surface area contributed by atoms with Crippen molar-refractivity contribution in [2.45, 2.75) is 12.8 Å². The van der Waals surface area contributed by atoms with E-state index in [4.69, 9.17) is 10.5 Å². The lowest BCUT2D eigenvalue weighted by Gasteiger charge is -2.31. The number of quaternary nitrogens is 1. The topological polar surface area (TPSA) is 89.1 Å². The first-order chi connectivity index (χ1) is 12.1. The molecule has 1 aromatic rings. The fraction of sp³-hybridized carbons (Fsp3) is 0.556. The Morgan fingerprint density at radius 3 is 2.56 bits per heavy atom. The van der Waals surface area contributed by atoms with Crippen LogP contribution in [-0.4, -0.2) is 57.8 Å². The Hall–Kier alpha value is -2.12. The maximum absolute atomic E-state index is 12.5. The summed E-state index contributed by atoms with van der Waals surface area (Å²) in [5, 5.41) is 3.06. The van der Waals surface area contributed by atoms with Crippen LogP contribution in [0.1, 0.15) is 12.8 Å². The minimum Gasteiger partial charge on any atom is -0.378 e. The van der Waals surface area contributed by atoms with Crippen molar-refractivity contribution in [1.82, 2.24) is 0 Å². The van der Waals surface area contributed by atoms with E-state index in [2.05, 4.69) is 10.2 Å². The average Bonchev–Trinajstić information content (AvgIpc) is 2.63. The number of carbonyl (C=O) groups is 2. The van der Waals surface area contributed by atoms with Crippen LogP contribution in [0.25, 0.3) is 0 Å². The van der Waals surface area contributed by atoms with Gasteiger partial charge in [0.25, 0.3) is 5.91 Å². The van der Waals surface area contributed by atoms with Gasteiger partial charge < -0.3 is 25.6 Å². The van der Waals surface area contributed by atoms with Crippen LogP contribution < -0.4 is 20.9 Å². The summed E-state index contributed by atoms with van der Waals surface area (Å²) in [5.41, 5.74) is 7.25. The van der Waals surface area contributed by atoms with Gasteiger partial charge in [0, 0.05) is 31.8 Å². The van der Waals surface area contributed by atoms with E-state index in [0.29, 0.717) is 19.8 Å². The number of likely N-dealkylation sites (tertiary alicyclic amines) is 1. The molecule has 4 N–H and O–H groups in total. The Balaban J connectivity index is 1.55. The fourth-order valence-electron chi connectivity index (χ4n) is 3.57. The lowest BCUT2D eigenvalue weighted by atomic mass is 9.96. The zero-order valence-electron chi connectivity index (χ0n) is 14.5. The number of amides is 2. The van der Waals surface area contributed by atoms with Crippen molar-refractivity contribution in [3.05, 3.63) is 24.3 Å². The molecule has 7 nitrogen and oxygen atoms in total. The molecule has 0 aromatic heterocycles. The molecule has 2 fully saturated rings. The first-order valence-corrected chi connectivity index (χ1v) is 8.98. The van der Waals surface area contributed by atoms with Crippen molar-refractivity contribution in [1.29, 1.82) is 0 Å². The van der Waals surface area contributed by atoms with Gasteiger partial charge in [-0.1, -0.05) is 12.1 Å². The predicted molar refractivity (Wildman–Crippen MR) is 95.6 cm³/mol. The van der Waals surface area contributed by atoms with Gasteiger partial charge in [-0.05, 0) is 12.1 Å². The lowest BCUT2D eigenvalue weighted by Crippen LogP contribution is -3.14. The molecule has 2 aliphatic heterocycles. The Morgan fingerprint density at radius 1 is 1.20 bits per heavy atom. The number of hydrogen-bond donors (Lipinski definition) is 3. The number of hydrogen-bond acceptors (Lipinski definition) is 4. The number of carbonyl (C=O) groups excluding carboxylic acids is 2. The fourth-order valence-corrected chi connectivity index (χ4v) is 3.57. The Kier molecular flexibility index (Phi) is 5.88. The smallest absolute Gasteiger partial charge is 0.279 e. The van der Waals surface area contributed by atoms with Crippen LogP contribution >= 0.6 is 0 Å². The summed E-state index contributed by atoms with van der Waals surface area (Å²) in [6, 6.07) is 7.90. The number of primary amides is 1. The molecule has 3 rings (SSSR count). The molecule has 0 radical (unpaired) electrons. The molecule has 0 saturated carbocycles.